The molecular formula is C18H27N3O2S. The average Bonchev–Trinajstić information content (AvgIpc) is 2.52. The molecule has 0 bridgehead atoms. The number of thiocarbonyl (C=S) groups is 1. The van der Waals surface area contributed by atoms with Crippen LogP contribution >= 0.6 is 12.2 Å². The second-order valence-corrected chi connectivity index (χ2v) is 7.04. The fraction of sp³-hybridized carbons (Fsp3) is 0.556. The van der Waals surface area contributed by atoms with Crippen molar-refractivity contribution in [3.63, 3.8) is 0 Å². The van der Waals surface area contributed by atoms with Gasteiger partial charge in [-0.2, -0.15) is 0 Å². The summed E-state index contributed by atoms with van der Waals surface area (Å²) >= 11 is 5.24. The maximum Gasteiger partial charge on any atom is 0.276 e. The van der Waals surface area contributed by atoms with Gasteiger partial charge in [0.15, 0.2) is 11.7 Å². The Morgan fingerprint density at radius 2 is 1.83 bits per heavy atom. The van der Waals surface area contributed by atoms with Crippen LogP contribution in [-0.2, 0) is 4.79 Å². The average molecular weight is 350 g/mol. The zero-order valence-electron chi connectivity index (χ0n) is 14.6. The Balaban J connectivity index is 1.69. The van der Waals surface area contributed by atoms with E-state index in [9.17, 15) is 4.79 Å². The molecule has 0 radical (unpaired) electrons. The number of benzene rings is 1. The summed E-state index contributed by atoms with van der Waals surface area (Å²) in [5.41, 5.74) is 7.53. The van der Waals surface area contributed by atoms with Crippen LogP contribution in [0, 0.1) is 19.8 Å². The van der Waals surface area contributed by atoms with E-state index >= 15 is 0 Å². The van der Waals surface area contributed by atoms with Crippen molar-refractivity contribution < 1.29 is 9.53 Å². The molecule has 3 N–H and O–H groups in total. The SMILES string of the molecule is Cc1cc(C)cc(OCC(=O)NNC(=S)N[C@H]2CCCC[C@@H]2C)c1. The quantitative estimate of drug-likeness (QED) is 0.576. The maximum absolute atomic E-state index is 11.9. The minimum atomic E-state index is -0.269. The number of aryl methyl sites for hydroxylation is 2. The molecule has 2 rings (SSSR count). The lowest BCUT2D eigenvalue weighted by Crippen LogP contribution is -2.52. The Morgan fingerprint density at radius 3 is 2.50 bits per heavy atom. The fourth-order valence-corrected chi connectivity index (χ4v) is 3.27. The monoisotopic (exact) mass is 349 g/mol. The molecule has 5 nitrogen and oxygen atoms in total. The minimum Gasteiger partial charge on any atom is -0.484 e. The Hall–Kier alpha value is -1.82. The zero-order chi connectivity index (χ0) is 17.5. The summed E-state index contributed by atoms with van der Waals surface area (Å²) in [5.74, 6) is 1.02. The number of hydrogen-bond donors (Lipinski definition) is 3. The molecule has 1 aromatic rings. The lowest BCUT2D eigenvalue weighted by molar-refractivity contribution is -0.123. The molecule has 0 unspecified atom stereocenters. The molecule has 0 saturated heterocycles. The van der Waals surface area contributed by atoms with E-state index in [1.54, 1.807) is 0 Å². The highest BCUT2D eigenvalue weighted by Gasteiger charge is 2.21. The van der Waals surface area contributed by atoms with Crippen molar-refractivity contribution in [3.8, 4) is 5.75 Å². The predicted octanol–water partition coefficient (Wildman–Crippen LogP) is 2.76. The van der Waals surface area contributed by atoms with Crippen LogP contribution in [0.1, 0.15) is 43.7 Å². The van der Waals surface area contributed by atoms with Gasteiger partial charge in [0.05, 0.1) is 0 Å². The number of amides is 1. The number of carbonyl (C=O) groups excluding carboxylic acids is 1. The second-order valence-electron chi connectivity index (χ2n) is 6.63. The topological polar surface area (TPSA) is 62.4 Å². The van der Waals surface area contributed by atoms with Gasteiger partial charge in [-0.05, 0) is 68.1 Å². The van der Waals surface area contributed by atoms with Crippen LogP contribution in [0.2, 0.25) is 0 Å². The summed E-state index contributed by atoms with van der Waals surface area (Å²) in [7, 11) is 0. The highest BCUT2D eigenvalue weighted by atomic mass is 32.1. The summed E-state index contributed by atoms with van der Waals surface area (Å²) in [4.78, 5) is 11.9. The lowest BCUT2D eigenvalue weighted by Gasteiger charge is -2.30. The molecule has 0 aliphatic heterocycles. The third-order valence-corrected chi connectivity index (χ3v) is 4.53. The van der Waals surface area contributed by atoms with Crippen molar-refractivity contribution in [2.24, 2.45) is 5.92 Å². The van der Waals surface area contributed by atoms with Gasteiger partial charge < -0.3 is 10.1 Å². The van der Waals surface area contributed by atoms with Crippen molar-refractivity contribution in [2.75, 3.05) is 6.61 Å². The second kappa shape index (κ2) is 8.87. The van der Waals surface area contributed by atoms with Gasteiger partial charge in [-0.1, -0.05) is 25.8 Å². The number of hydrogen-bond acceptors (Lipinski definition) is 3. The Labute approximate surface area is 149 Å². The Morgan fingerprint density at radius 1 is 1.17 bits per heavy atom. The molecule has 1 aromatic carbocycles. The van der Waals surface area contributed by atoms with Crippen molar-refractivity contribution >= 4 is 23.2 Å². The smallest absolute Gasteiger partial charge is 0.276 e. The predicted molar refractivity (Wildman–Crippen MR) is 99.8 cm³/mol. The first-order valence-electron chi connectivity index (χ1n) is 8.50. The molecule has 132 valence electrons. The molecule has 2 atom stereocenters. The van der Waals surface area contributed by atoms with E-state index in [0.29, 0.717) is 22.8 Å². The highest BCUT2D eigenvalue weighted by Crippen LogP contribution is 2.23. The van der Waals surface area contributed by atoms with Gasteiger partial charge in [0, 0.05) is 6.04 Å². The molecule has 0 aromatic heterocycles. The van der Waals surface area contributed by atoms with E-state index in [4.69, 9.17) is 17.0 Å². The third kappa shape index (κ3) is 6.00. The van der Waals surface area contributed by atoms with Crippen molar-refractivity contribution in [1.82, 2.24) is 16.2 Å². The van der Waals surface area contributed by atoms with E-state index in [1.807, 2.05) is 26.0 Å². The maximum atomic E-state index is 11.9. The van der Waals surface area contributed by atoms with E-state index in [0.717, 1.165) is 17.5 Å². The number of ether oxygens (including phenoxy) is 1. The summed E-state index contributed by atoms with van der Waals surface area (Å²) < 4.78 is 5.51. The van der Waals surface area contributed by atoms with Gasteiger partial charge in [0.25, 0.3) is 5.91 Å². The van der Waals surface area contributed by atoms with E-state index in [2.05, 4.69) is 29.2 Å². The first-order chi connectivity index (χ1) is 11.4. The van der Waals surface area contributed by atoms with Crippen LogP contribution in [0.15, 0.2) is 18.2 Å². The van der Waals surface area contributed by atoms with Crippen LogP contribution < -0.4 is 20.9 Å². The minimum absolute atomic E-state index is 0.0572. The molecule has 1 aliphatic carbocycles. The molecule has 6 heteroatoms. The molecule has 1 saturated carbocycles. The van der Waals surface area contributed by atoms with Gasteiger partial charge in [-0.15, -0.1) is 0 Å². The molecule has 0 heterocycles. The fourth-order valence-electron chi connectivity index (χ4n) is 3.06. The summed E-state index contributed by atoms with van der Waals surface area (Å²) in [6.45, 7) is 6.17. The number of nitrogens with one attached hydrogen (secondary N) is 3. The summed E-state index contributed by atoms with van der Waals surface area (Å²) in [6, 6.07) is 6.25. The van der Waals surface area contributed by atoms with Crippen LogP contribution in [0.3, 0.4) is 0 Å². The van der Waals surface area contributed by atoms with Gasteiger partial charge in [-0.25, -0.2) is 0 Å². The van der Waals surface area contributed by atoms with Crippen LogP contribution in [0.4, 0.5) is 0 Å². The van der Waals surface area contributed by atoms with Gasteiger partial charge in [0.1, 0.15) is 5.75 Å². The molecule has 1 fully saturated rings. The Kier molecular flexibility index (Phi) is 6.85. The third-order valence-electron chi connectivity index (χ3n) is 4.31. The first-order valence-corrected chi connectivity index (χ1v) is 8.91. The van der Waals surface area contributed by atoms with Crippen LogP contribution in [0.25, 0.3) is 0 Å². The summed E-state index contributed by atoms with van der Waals surface area (Å²) in [6.07, 6.45) is 4.84. The molecule has 1 aliphatic rings. The van der Waals surface area contributed by atoms with Crippen molar-refractivity contribution in [1.29, 1.82) is 0 Å². The van der Waals surface area contributed by atoms with Gasteiger partial charge >= 0.3 is 0 Å². The standard InChI is InChI=1S/C18H27N3O2S/c1-12-8-13(2)10-15(9-12)23-11-17(22)20-21-18(24)19-16-7-5-4-6-14(16)3/h8-10,14,16H,4-7,11H2,1-3H3,(H,20,22)(H2,19,21,24)/t14-,16-/m0/s1. The first kappa shape index (κ1) is 18.5. The normalized spacial score (nSPS) is 20.1. The van der Waals surface area contributed by atoms with Crippen LogP contribution in [-0.4, -0.2) is 23.7 Å². The number of rotatable bonds is 4. The van der Waals surface area contributed by atoms with Crippen molar-refractivity contribution in [2.45, 2.75) is 52.5 Å². The Bertz CT molecular complexity index is 571. The zero-order valence-corrected chi connectivity index (χ0v) is 15.5. The lowest BCUT2D eigenvalue weighted by atomic mass is 9.86. The number of hydrazine groups is 1. The van der Waals surface area contributed by atoms with Crippen LogP contribution in [0.5, 0.6) is 5.75 Å². The van der Waals surface area contributed by atoms with Crippen molar-refractivity contribution in [3.05, 3.63) is 29.3 Å². The molecule has 1 amide bonds. The van der Waals surface area contributed by atoms with E-state index in [-0.39, 0.29) is 12.5 Å². The molecule has 24 heavy (non-hydrogen) atoms. The number of carbonyl (C=O) groups is 1. The van der Waals surface area contributed by atoms with E-state index < -0.39 is 0 Å². The highest BCUT2D eigenvalue weighted by molar-refractivity contribution is 7.80. The molecular weight excluding hydrogens is 322 g/mol. The largest absolute Gasteiger partial charge is 0.484 e. The van der Waals surface area contributed by atoms with E-state index in [1.165, 1.54) is 19.3 Å². The molecule has 0 spiro atoms. The van der Waals surface area contributed by atoms with Gasteiger partial charge in [0.2, 0.25) is 0 Å². The van der Waals surface area contributed by atoms with Gasteiger partial charge in [-0.3, -0.25) is 15.6 Å². The summed E-state index contributed by atoms with van der Waals surface area (Å²) in [5, 5.41) is 3.73.